The Morgan fingerprint density at radius 3 is 2.43 bits per heavy atom. The Hall–Kier alpha value is -1.76. The van der Waals surface area contributed by atoms with Crippen LogP contribution in [0.4, 0.5) is 0 Å². The summed E-state index contributed by atoms with van der Waals surface area (Å²) in [4.78, 5) is 24.4. The number of ketones is 1. The monoisotopic (exact) mass is 374 g/mol. The first kappa shape index (κ1) is 17.6. The molecule has 8 heteroatoms. The average molecular weight is 375 g/mol. The average Bonchev–Trinajstić information content (AvgIpc) is 2.97. The van der Waals surface area contributed by atoms with Crippen LogP contribution >= 0.6 is 34.5 Å². The predicted octanol–water partition coefficient (Wildman–Crippen LogP) is 4.11. The van der Waals surface area contributed by atoms with Crippen LogP contribution in [0.1, 0.15) is 20.0 Å². The second-order valence-electron chi connectivity index (χ2n) is 4.30. The van der Waals surface area contributed by atoms with E-state index in [4.69, 9.17) is 37.4 Å². The van der Waals surface area contributed by atoms with E-state index in [1.54, 1.807) is 12.1 Å². The number of methoxy groups -OCH3 is 2. The molecule has 0 N–H and O–H groups in total. The van der Waals surface area contributed by atoms with Gasteiger partial charge in [-0.15, -0.1) is 11.3 Å². The van der Waals surface area contributed by atoms with Crippen LogP contribution in [0, 0.1) is 0 Å². The largest absolute Gasteiger partial charge is 0.493 e. The van der Waals surface area contributed by atoms with E-state index in [0.717, 1.165) is 11.3 Å². The molecule has 0 fully saturated rings. The summed E-state index contributed by atoms with van der Waals surface area (Å²) in [6.45, 7) is -0.387. The summed E-state index contributed by atoms with van der Waals surface area (Å²) in [5.41, 5.74) is 0.157. The first-order chi connectivity index (χ1) is 11.0. The molecule has 1 aromatic carbocycles. The van der Waals surface area contributed by atoms with Gasteiger partial charge < -0.3 is 14.2 Å². The fraction of sp³-hybridized carbons (Fsp3) is 0.200. The molecule has 0 saturated carbocycles. The molecule has 0 saturated heterocycles. The van der Waals surface area contributed by atoms with Crippen molar-refractivity contribution in [1.29, 1.82) is 0 Å². The molecule has 1 aromatic heterocycles. The predicted molar refractivity (Wildman–Crippen MR) is 88.5 cm³/mol. The SMILES string of the molecule is COc1cc(C(=O)OCC(=O)c2ccc(Cl)s2)cc(Cl)c1OC. The standard InChI is InChI=1S/C15H12Cl2O5S/c1-20-11-6-8(5-9(16)14(11)21-2)15(19)22-7-10(18)12-3-4-13(17)23-12/h3-6H,7H2,1-2H3. The Kier molecular flexibility index (Phi) is 5.87. The van der Waals surface area contributed by atoms with Crippen LogP contribution in [0.15, 0.2) is 24.3 Å². The second-order valence-corrected chi connectivity index (χ2v) is 6.42. The molecule has 0 spiro atoms. The van der Waals surface area contributed by atoms with E-state index < -0.39 is 5.97 Å². The van der Waals surface area contributed by atoms with Gasteiger partial charge >= 0.3 is 5.97 Å². The molecule has 23 heavy (non-hydrogen) atoms. The molecule has 0 amide bonds. The molecule has 122 valence electrons. The van der Waals surface area contributed by atoms with E-state index >= 15 is 0 Å². The summed E-state index contributed by atoms with van der Waals surface area (Å²) >= 11 is 12.9. The maximum atomic E-state index is 12.1. The van der Waals surface area contributed by atoms with Gasteiger partial charge in [-0.3, -0.25) is 4.79 Å². The third-order valence-electron chi connectivity index (χ3n) is 2.85. The molecule has 2 aromatic rings. The number of Topliss-reactive ketones (excluding diaryl/α,β-unsaturated/α-hetero) is 1. The minimum absolute atomic E-state index is 0.157. The topological polar surface area (TPSA) is 61.8 Å². The van der Waals surface area contributed by atoms with Crippen LogP contribution in [0.5, 0.6) is 11.5 Å². The fourth-order valence-electron chi connectivity index (χ4n) is 1.79. The van der Waals surface area contributed by atoms with Gasteiger partial charge in [-0.1, -0.05) is 23.2 Å². The van der Waals surface area contributed by atoms with Gasteiger partial charge in [0.2, 0.25) is 5.78 Å². The quantitative estimate of drug-likeness (QED) is 0.562. The lowest BCUT2D eigenvalue weighted by Gasteiger charge is -2.11. The Labute approximate surface area is 146 Å². The van der Waals surface area contributed by atoms with Crippen molar-refractivity contribution in [2.24, 2.45) is 0 Å². The molecule has 0 aliphatic carbocycles. The molecule has 0 unspecified atom stereocenters. The lowest BCUT2D eigenvalue weighted by molar-refractivity contribution is 0.0475. The number of halogens is 2. The van der Waals surface area contributed by atoms with Crippen molar-refractivity contribution in [3.63, 3.8) is 0 Å². The zero-order chi connectivity index (χ0) is 17.0. The molecule has 1 heterocycles. The smallest absolute Gasteiger partial charge is 0.338 e. The highest BCUT2D eigenvalue weighted by Crippen LogP contribution is 2.36. The van der Waals surface area contributed by atoms with Gasteiger partial charge in [0.05, 0.1) is 34.0 Å². The Morgan fingerprint density at radius 1 is 1.13 bits per heavy atom. The van der Waals surface area contributed by atoms with Gasteiger partial charge in [-0.2, -0.15) is 0 Å². The molecule has 0 aliphatic rings. The van der Waals surface area contributed by atoms with Crippen molar-refractivity contribution in [2.45, 2.75) is 0 Å². The summed E-state index contributed by atoms with van der Waals surface area (Å²) in [5, 5.41) is 0.204. The number of hydrogen-bond acceptors (Lipinski definition) is 6. The van der Waals surface area contributed by atoms with E-state index in [9.17, 15) is 9.59 Å². The number of rotatable bonds is 6. The normalized spacial score (nSPS) is 10.3. The molecule has 0 aliphatic heterocycles. The van der Waals surface area contributed by atoms with Crippen molar-refractivity contribution < 1.29 is 23.8 Å². The highest BCUT2D eigenvalue weighted by molar-refractivity contribution is 7.18. The van der Waals surface area contributed by atoms with Gasteiger partial charge in [0, 0.05) is 0 Å². The Bertz CT molecular complexity index is 741. The Balaban J connectivity index is 2.09. The van der Waals surface area contributed by atoms with E-state index in [1.165, 1.54) is 26.4 Å². The maximum absolute atomic E-state index is 12.1. The van der Waals surface area contributed by atoms with E-state index in [1.807, 2.05) is 0 Å². The minimum atomic E-state index is -0.691. The van der Waals surface area contributed by atoms with Gasteiger partial charge in [-0.05, 0) is 24.3 Å². The van der Waals surface area contributed by atoms with Gasteiger partial charge in [0.1, 0.15) is 0 Å². The lowest BCUT2D eigenvalue weighted by Crippen LogP contribution is -2.13. The molecular formula is C15H12Cl2O5S. The zero-order valence-electron chi connectivity index (χ0n) is 12.2. The molecule has 0 radical (unpaired) electrons. The molecule has 0 atom stereocenters. The Morgan fingerprint density at radius 2 is 1.87 bits per heavy atom. The van der Waals surface area contributed by atoms with Gasteiger partial charge in [0.25, 0.3) is 0 Å². The van der Waals surface area contributed by atoms with Crippen molar-refractivity contribution in [3.05, 3.63) is 44.1 Å². The first-order valence-corrected chi connectivity index (χ1v) is 7.90. The molecule has 2 rings (SSSR count). The van der Waals surface area contributed by atoms with Crippen LogP contribution in [0.25, 0.3) is 0 Å². The van der Waals surface area contributed by atoms with Crippen molar-refractivity contribution >= 4 is 46.3 Å². The zero-order valence-corrected chi connectivity index (χ0v) is 14.6. The maximum Gasteiger partial charge on any atom is 0.338 e. The molecule has 0 bridgehead atoms. The summed E-state index contributed by atoms with van der Waals surface area (Å²) in [7, 11) is 2.86. The summed E-state index contributed by atoms with van der Waals surface area (Å²) in [6.07, 6.45) is 0. The number of carbonyl (C=O) groups is 2. The molecular weight excluding hydrogens is 363 g/mol. The number of hydrogen-bond donors (Lipinski definition) is 0. The number of esters is 1. The van der Waals surface area contributed by atoms with Crippen LogP contribution < -0.4 is 9.47 Å². The van der Waals surface area contributed by atoms with Crippen molar-refractivity contribution in [3.8, 4) is 11.5 Å². The van der Waals surface area contributed by atoms with Crippen LogP contribution in [0.2, 0.25) is 9.36 Å². The number of ether oxygens (including phenoxy) is 3. The van der Waals surface area contributed by atoms with Crippen LogP contribution in [-0.4, -0.2) is 32.6 Å². The third kappa shape index (κ3) is 4.16. The van der Waals surface area contributed by atoms with Crippen LogP contribution in [-0.2, 0) is 4.74 Å². The highest BCUT2D eigenvalue weighted by atomic mass is 35.5. The summed E-state index contributed by atoms with van der Waals surface area (Å²) in [6, 6.07) is 6.00. The van der Waals surface area contributed by atoms with E-state index in [-0.39, 0.29) is 23.0 Å². The summed E-state index contributed by atoms with van der Waals surface area (Å²) in [5.74, 6) is -0.413. The van der Waals surface area contributed by atoms with Crippen molar-refractivity contribution in [2.75, 3.05) is 20.8 Å². The third-order valence-corrected chi connectivity index (χ3v) is 4.40. The summed E-state index contributed by atoms with van der Waals surface area (Å²) < 4.78 is 15.7. The lowest BCUT2D eigenvalue weighted by atomic mass is 10.2. The fourth-order valence-corrected chi connectivity index (χ4v) is 3.04. The second kappa shape index (κ2) is 7.68. The van der Waals surface area contributed by atoms with E-state index in [2.05, 4.69) is 0 Å². The number of benzene rings is 1. The van der Waals surface area contributed by atoms with Crippen molar-refractivity contribution in [1.82, 2.24) is 0 Å². The van der Waals surface area contributed by atoms with Crippen LogP contribution in [0.3, 0.4) is 0 Å². The number of thiophene rings is 1. The minimum Gasteiger partial charge on any atom is -0.493 e. The van der Waals surface area contributed by atoms with E-state index in [0.29, 0.717) is 20.7 Å². The number of carbonyl (C=O) groups excluding carboxylic acids is 2. The highest BCUT2D eigenvalue weighted by Gasteiger charge is 2.18. The van der Waals surface area contributed by atoms with Gasteiger partial charge in [-0.25, -0.2) is 4.79 Å². The first-order valence-electron chi connectivity index (χ1n) is 6.33. The van der Waals surface area contributed by atoms with Gasteiger partial charge in [0.15, 0.2) is 18.1 Å². The molecule has 5 nitrogen and oxygen atoms in total.